The minimum atomic E-state index is -0.168. The Morgan fingerprint density at radius 1 is 0.895 bits per heavy atom. The SMILES string of the molecule is O=C1CC(c2ccccc2)CCOCCOCCO1. The highest BCUT2D eigenvalue weighted by Crippen LogP contribution is 2.24. The molecular formula is C15H20O4. The van der Waals surface area contributed by atoms with E-state index < -0.39 is 0 Å². The Morgan fingerprint density at radius 2 is 1.58 bits per heavy atom. The van der Waals surface area contributed by atoms with Crippen LogP contribution in [0.5, 0.6) is 0 Å². The Labute approximate surface area is 113 Å². The molecule has 1 saturated heterocycles. The van der Waals surface area contributed by atoms with Crippen molar-refractivity contribution in [3.8, 4) is 0 Å². The van der Waals surface area contributed by atoms with Crippen molar-refractivity contribution in [2.45, 2.75) is 18.8 Å². The van der Waals surface area contributed by atoms with E-state index in [9.17, 15) is 4.79 Å². The van der Waals surface area contributed by atoms with Crippen LogP contribution in [0.15, 0.2) is 30.3 Å². The molecule has 1 fully saturated rings. The van der Waals surface area contributed by atoms with Crippen LogP contribution < -0.4 is 0 Å². The van der Waals surface area contributed by atoms with Crippen LogP contribution in [0, 0.1) is 0 Å². The number of hydrogen-bond donors (Lipinski definition) is 0. The van der Waals surface area contributed by atoms with E-state index >= 15 is 0 Å². The fraction of sp³-hybridized carbons (Fsp3) is 0.533. The van der Waals surface area contributed by atoms with Gasteiger partial charge in [-0.05, 0) is 17.9 Å². The van der Waals surface area contributed by atoms with Crippen LogP contribution in [0.4, 0.5) is 0 Å². The first kappa shape index (κ1) is 14.0. The summed E-state index contributed by atoms with van der Waals surface area (Å²) in [4.78, 5) is 11.8. The lowest BCUT2D eigenvalue weighted by Gasteiger charge is -2.18. The molecule has 19 heavy (non-hydrogen) atoms. The predicted octanol–water partition coefficient (Wildman–Crippen LogP) is 2.14. The summed E-state index contributed by atoms with van der Waals surface area (Å²) in [5.41, 5.74) is 1.16. The molecule has 1 aromatic carbocycles. The minimum absolute atomic E-state index is 0.161. The summed E-state index contributed by atoms with van der Waals surface area (Å²) in [5, 5.41) is 0. The van der Waals surface area contributed by atoms with Gasteiger partial charge in [-0.15, -0.1) is 0 Å². The van der Waals surface area contributed by atoms with Crippen molar-refractivity contribution in [2.24, 2.45) is 0 Å². The Morgan fingerprint density at radius 3 is 2.37 bits per heavy atom. The molecule has 4 nitrogen and oxygen atoms in total. The van der Waals surface area contributed by atoms with Crippen LogP contribution in [-0.2, 0) is 19.0 Å². The number of hydrogen-bond acceptors (Lipinski definition) is 4. The Balaban J connectivity index is 1.98. The predicted molar refractivity (Wildman–Crippen MR) is 71.0 cm³/mol. The second kappa shape index (κ2) is 7.92. The van der Waals surface area contributed by atoms with Crippen LogP contribution in [0.1, 0.15) is 24.3 Å². The van der Waals surface area contributed by atoms with Gasteiger partial charge in [0, 0.05) is 6.61 Å². The molecule has 0 aliphatic carbocycles. The monoisotopic (exact) mass is 264 g/mol. The summed E-state index contributed by atoms with van der Waals surface area (Å²) >= 11 is 0. The van der Waals surface area contributed by atoms with Crippen molar-refractivity contribution in [2.75, 3.05) is 33.0 Å². The van der Waals surface area contributed by atoms with Gasteiger partial charge in [0.25, 0.3) is 0 Å². The smallest absolute Gasteiger partial charge is 0.306 e. The summed E-state index contributed by atoms with van der Waals surface area (Å²) < 4.78 is 15.9. The van der Waals surface area contributed by atoms with E-state index in [0.717, 1.165) is 12.0 Å². The minimum Gasteiger partial charge on any atom is -0.463 e. The van der Waals surface area contributed by atoms with Crippen LogP contribution in [0.3, 0.4) is 0 Å². The number of carbonyl (C=O) groups is 1. The van der Waals surface area contributed by atoms with Gasteiger partial charge in [-0.25, -0.2) is 0 Å². The van der Waals surface area contributed by atoms with E-state index in [1.807, 2.05) is 30.3 Å². The van der Waals surface area contributed by atoms with Gasteiger partial charge in [0.2, 0.25) is 0 Å². The third-order valence-electron chi connectivity index (χ3n) is 3.16. The molecule has 1 aliphatic heterocycles. The molecule has 0 N–H and O–H groups in total. The maximum absolute atomic E-state index is 11.8. The van der Waals surface area contributed by atoms with Gasteiger partial charge in [-0.1, -0.05) is 30.3 Å². The molecule has 0 radical (unpaired) electrons. The lowest BCUT2D eigenvalue weighted by Crippen LogP contribution is -2.18. The highest BCUT2D eigenvalue weighted by molar-refractivity contribution is 5.70. The number of ether oxygens (including phenoxy) is 3. The zero-order chi connectivity index (χ0) is 13.3. The third kappa shape index (κ3) is 5.01. The maximum Gasteiger partial charge on any atom is 0.306 e. The van der Waals surface area contributed by atoms with Crippen molar-refractivity contribution >= 4 is 5.97 Å². The molecule has 1 atom stereocenters. The average Bonchev–Trinajstić information content (AvgIpc) is 2.43. The largest absolute Gasteiger partial charge is 0.463 e. The van der Waals surface area contributed by atoms with Crippen molar-refractivity contribution in [3.05, 3.63) is 35.9 Å². The highest BCUT2D eigenvalue weighted by Gasteiger charge is 2.17. The van der Waals surface area contributed by atoms with Crippen LogP contribution in [0.25, 0.3) is 0 Å². The second-order valence-electron chi connectivity index (χ2n) is 4.55. The molecule has 0 amide bonds. The lowest BCUT2D eigenvalue weighted by molar-refractivity contribution is -0.146. The van der Waals surface area contributed by atoms with E-state index in [-0.39, 0.29) is 11.9 Å². The Hall–Kier alpha value is -1.39. The fourth-order valence-corrected chi connectivity index (χ4v) is 2.13. The number of carbonyl (C=O) groups excluding carboxylic acids is 1. The molecule has 0 aromatic heterocycles. The van der Waals surface area contributed by atoms with Crippen molar-refractivity contribution < 1.29 is 19.0 Å². The number of cyclic esters (lactones) is 1. The van der Waals surface area contributed by atoms with Crippen LogP contribution in [0.2, 0.25) is 0 Å². The molecule has 1 heterocycles. The highest BCUT2D eigenvalue weighted by atomic mass is 16.6. The maximum atomic E-state index is 11.8. The first-order chi connectivity index (χ1) is 9.36. The summed E-state index contributed by atoms with van der Waals surface area (Å²) in [5.74, 6) is -0.00734. The molecule has 0 spiro atoms. The van der Waals surface area contributed by atoms with Crippen molar-refractivity contribution in [1.82, 2.24) is 0 Å². The molecule has 4 heteroatoms. The van der Waals surface area contributed by atoms with Gasteiger partial charge in [0.05, 0.1) is 26.2 Å². The molecule has 1 unspecified atom stereocenters. The summed E-state index contributed by atoms with van der Waals surface area (Å²) in [6.45, 7) is 2.53. The molecular weight excluding hydrogens is 244 g/mol. The number of esters is 1. The standard InChI is InChI=1S/C15H20O4/c16-15-12-14(13-4-2-1-3-5-13)6-7-17-8-9-18-10-11-19-15/h1-5,14H,6-12H2. The summed E-state index contributed by atoms with van der Waals surface area (Å²) in [6.07, 6.45) is 1.21. The van der Waals surface area contributed by atoms with Gasteiger partial charge in [-0.2, -0.15) is 0 Å². The van der Waals surface area contributed by atoms with E-state index in [1.54, 1.807) is 0 Å². The lowest BCUT2D eigenvalue weighted by atomic mass is 9.93. The molecule has 1 aromatic rings. The number of benzene rings is 1. The topological polar surface area (TPSA) is 44.8 Å². The first-order valence-electron chi connectivity index (χ1n) is 6.72. The zero-order valence-electron chi connectivity index (χ0n) is 11.0. The van der Waals surface area contributed by atoms with Crippen LogP contribution in [-0.4, -0.2) is 39.0 Å². The zero-order valence-corrected chi connectivity index (χ0v) is 11.0. The van der Waals surface area contributed by atoms with Gasteiger partial charge < -0.3 is 14.2 Å². The third-order valence-corrected chi connectivity index (χ3v) is 3.16. The molecule has 0 bridgehead atoms. The number of rotatable bonds is 1. The van der Waals surface area contributed by atoms with E-state index in [4.69, 9.17) is 14.2 Å². The second-order valence-corrected chi connectivity index (χ2v) is 4.55. The van der Waals surface area contributed by atoms with Crippen LogP contribution >= 0.6 is 0 Å². The average molecular weight is 264 g/mol. The van der Waals surface area contributed by atoms with Crippen molar-refractivity contribution in [3.63, 3.8) is 0 Å². The van der Waals surface area contributed by atoms with Crippen molar-refractivity contribution in [1.29, 1.82) is 0 Å². The van der Waals surface area contributed by atoms with E-state index in [2.05, 4.69) is 0 Å². The van der Waals surface area contributed by atoms with E-state index in [1.165, 1.54) is 0 Å². The molecule has 2 rings (SSSR count). The van der Waals surface area contributed by atoms with Gasteiger partial charge in [0.15, 0.2) is 0 Å². The summed E-state index contributed by atoms with van der Waals surface area (Å²) in [7, 11) is 0. The Kier molecular flexibility index (Phi) is 5.85. The van der Waals surface area contributed by atoms with Gasteiger partial charge in [-0.3, -0.25) is 4.79 Å². The van der Waals surface area contributed by atoms with Gasteiger partial charge >= 0.3 is 5.97 Å². The quantitative estimate of drug-likeness (QED) is 0.729. The first-order valence-corrected chi connectivity index (χ1v) is 6.72. The fourth-order valence-electron chi connectivity index (χ4n) is 2.13. The normalized spacial score (nSPS) is 22.9. The van der Waals surface area contributed by atoms with Gasteiger partial charge in [0.1, 0.15) is 6.61 Å². The Bertz CT molecular complexity index is 377. The molecule has 104 valence electrons. The molecule has 0 saturated carbocycles. The summed E-state index contributed by atoms with van der Waals surface area (Å²) in [6, 6.07) is 10.1. The molecule has 1 aliphatic rings. The van der Waals surface area contributed by atoms with E-state index in [0.29, 0.717) is 39.5 Å².